The zero-order valence-corrected chi connectivity index (χ0v) is 13.3. The van der Waals surface area contributed by atoms with Gasteiger partial charge in [-0.15, -0.1) is 11.3 Å². The number of nitrogens with one attached hydrogen (secondary N) is 1. The molecule has 2 aliphatic rings. The molecule has 2 fully saturated rings. The SMILES string of the molecule is O=C(C1CC1)N1CCC(NCc2sccc2Br)CC1. The summed E-state index contributed by atoms with van der Waals surface area (Å²) < 4.78 is 1.20. The Labute approximate surface area is 126 Å². The van der Waals surface area contributed by atoms with Crippen LogP contribution in [0.2, 0.25) is 0 Å². The van der Waals surface area contributed by atoms with Crippen molar-refractivity contribution in [1.29, 1.82) is 0 Å². The van der Waals surface area contributed by atoms with Gasteiger partial charge in [-0.05, 0) is 53.1 Å². The molecule has 0 atom stereocenters. The summed E-state index contributed by atoms with van der Waals surface area (Å²) in [5, 5.41) is 5.72. The highest BCUT2D eigenvalue weighted by Gasteiger charge is 2.34. The number of hydrogen-bond donors (Lipinski definition) is 1. The number of carbonyl (C=O) groups is 1. The van der Waals surface area contributed by atoms with E-state index >= 15 is 0 Å². The van der Waals surface area contributed by atoms with Crippen molar-refractivity contribution in [1.82, 2.24) is 10.2 Å². The zero-order chi connectivity index (χ0) is 13.2. The molecular weight excluding hydrogens is 324 g/mol. The van der Waals surface area contributed by atoms with E-state index in [9.17, 15) is 4.79 Å². The van der Waals surface area contributed by atoms with Crippen molar-refractivity contribution in [2.24, 2.45) is 5.92 Å². The third kappa shape index (κ3) is 3.38. The van der Waals surface area contributed by atoms with Gasteiger partial charge >= 0.3 is 0 Å². The van der Waals surface area contributed by atoms with Crippen molar-refractivity contribution >= 4 is 33.2 Å². The number of hydrogen-bond acceptors (Lipinski definition) is 3. The fourth-order valence-corrected chi connectivity index (χ4v) is 4.02. The Balaban J connectivity index is 1.43. The van der Waals surface area contributed by atoms with E-state index in [0.29, 0.717) is 17.9 Å². The Hall–Kier alpha value is -0.390. The highest BCUT2D eigenvalue weighted by Crippen LogP contribution is 2.32. The summed E-state index contributed by atoms with van der Waals surface area (Å²) in [6.07, 6.45) is 4.40. The van der Waals surface area contributed by atoms with E-state index in [0.717, 1.165) is 45.3 Å². The smallest absolute Gasteiger partial charge is 0.225 e. The van der Waals surface area contributed by atoms with Gasteiger partial charge in [0.25, 0.3) is 0 Å². The second-order valence-electron chi connectivity index (χ2n) is 5.45. The lowest BCUT2D eigenvalue weighted by molar-refractivity contribution is -0.133. The van der Waals surface area contributed by atoms with E-state index in [4.69, 9.17) is 0 Å². The largest absolute Gasteiger partial charge is 0.342 e. The highest BCUT2D eigenvalue weighted by molar-refractivity contribution is 9.10. The summed E-state index contributed by atoms with van der Waals surface area (Å²) in [5.74, 6) is 0.769. The number of rotatable bonds is 4. The van der Waals surface area contributed by atoms with E-state index in [1.165, 1.54) is 9.35 Å². The van der Waals surface area contributed by atoms with Crippen LogP contribution in [-0.2, 0) is 11.3 Å². The maximum Gasteiger partial charge on any atom is 0.225 e. The van der Waals surface area contributed by atoms with Crippen molar-refractivity contribution in [2.45, 2.75) is 38.3 Å². The fourth-order valence-electron chi connectivity index (χ4n) is 2.58. The molecule has 0 unspecified atom stereocenters. The molecular formula is C14H19BrN2OS. The van der Waals surface area contributed by atoms with Crippen molar-refractivity contribution in [3.05, 3.63) is 20.8 Å². The number of piperidine rings is 1. The molecule has 0 aromatic carbocycles. The molecule has 1 aromatic heterocycles. The predicted molar refractivity (Wildman–Crippen MR) is 81.2 cm³/mol. The molecule has 0 spiro atoms. The van der Waals surface area contributed by atoms with Gasteiger partial charge in [0.15, 0.2) is 0 Å². The Morgan fingerprint density at radius 2 is 2.11 bits per heavy atom. The van der Waals surface area contributed by atoms with Crippen molar-refractivity contribution in [3.63, 3.8) is 0 Å². The lowest BCUT2D eigenvalue weighted by Gasteiger charge is -2.32. The number of halogens is 1. The molecule has 2 heterocycles. The summed E-state index contributed by atoms with van der Waals surface area (Å²) >= 11 is 5.34. The first-order valence-corrected chi connectivity index (χ1v) is 8.65. The molecule has 5 heteroatoms. The first-order chi connectivity index (χ1) is 9.24. The van der Waals surface area contributed by atoms with Gasteiger partial charge in [-0.1, -0.05) is 0 Å². The first kappa shape index (κ1) is 13.6. The molecule has 104 valence electrons. The monoisotopic (exact) mass is 342 g/mol. The molecule has 1 N–H and O–H groups in total. The molecule has 1 saturated heterocycles. The Bertz CT molecular complexity index is 450. The maximum atomic E-state index is 12.0. The number of thiophene rings is 1. The molecule has 1 aromatic rings. The van der Waals surface area contributed by atoms with Crippen LogP contribution in [0.5, 0.6) is 0 Å². The van der Waals surface area contributed by atoms with Crippen LogP contribution in [-0.4, -0.2) is 29.9 Å². The molecule has 0 bridgehead atoms. The van der Waals surface area contributed by atoms with Crippen molar-refractivity contribution < 1.29 is 4.79 Å². The molecule has 0 radical (unpaired) electrons. The predicted octanol–water partition coefficient (Wildman–Crippen LogP) is 3.00. The van der Waals surface area contributed by atoms with Gasteiger partial charge in [-0.3, -0.25) is 4.79 Å². The summed E-state index contributed by atoms with van der Waals surface area (Å²) in [6.45, 7) is 2.79. The molecule has 1 saturated carbocycles. The lowest BCUT2D eigenvalue weighted by Crippen LogP contribution is -2.45. The van der Waals surface area contributed by atoms with Crippen LogP contribution in [0.4, 0.5) is 0 Å². The van der Waals surface area contributed by atoms with E-state index in [-0.39, 0.29) is 0 Å². The molecule has 19 heavy (non-hydrogen) atoms. The molecule has 3 rings (SSSR count). The van der Waals surface area contributed by atoms with Crippen LogP contribution < -0.4 is 5.32 Å². The van der Waals surface area contributed by atoms with Crippen molar-refractivity contribution in [2.75, 3.05) is 13.1 Å². The Kier molecular flexibility index (Phi) is 4.24. The summed E-state index contributed by atoms with van der Waals surface area (Å²) in [5.41, 5.74) is 0. The summed E-state index contributed by atoms with van der Waals surface area (Å²) in [4.78, 5) is 15.4. The minimum absolute atomic E-state index is 0.367. The second kappa shape index (κ2) is 5.94. The maximum absolute atomic E-state index is 12.0. The van der Waals surface area contributed by atoms with E-state index in [2.05, 4.69) is 37.6 Å². The number of nitrogens with zero attached hydrogens (tertiary/aromatic N) is 1. The van der Waals surface area contributed by atoms with Gasteiger partial charge in [0.1, 0.15) is 0 Å². The minimum atomic E-state index is 0.367. The van der Waals surface area contributed by atoms with Crippen molar-refractivity contribution in [3.8, 4) is 0 Å². The third-order valence-electron chi connectivity index (χ3n) is 3.98. The van der Waals surface area contributed by atoms with Crippen LogP contribution >= 0.6 is 27.3 Å². The van der Waals surface area contributed by atoms with Gasteiger partial charge in [0.2, 0.25) is 5.91 Å². The van der Waals surface area contributed by atoms with Crippen LogP contribution in [0.15, 0.2) is 15.9 Å². The van der Waals surface area contributed by atoms with E-state index in [1.807, 2.05) is 0 Å². The summed E-state index contributed by atoms with van der Waals surface area (Å²) in [6, 6.07) is 2.65. The van der Waals surface area contributed by atoms with Gasteiger partial charge in [0.05, 0.1) is 0 Å². The number of carbonyl (C=O) groups excluding carboxylic acids is 1. The average Bonchev–Trinajstić information content (AvgIpc) is 3.20. The van der Waals surface area contributed by atoms with Crippen LogP contribution in [0.25, 0.3) is 0 Å². The van der Waals surface area contributed by atoms with Gasteiger partial charge in [0, 0.05) is 40.9 Å². The van der Waals surface area contributed by atoms with Gasteiger partial charge in [-0.2, -0.15) is 0 Å². The van der Waals surface area contributed by atoms with Crippen LogP contribution in [0.1, 0.15) is 30.6 Å². The second-order valence-corrected chi connectivity index (χ2v) is 7.30. The number of likely N-dealkylation sites (tertiary alicyclic amines) is 1. The van der Waals surface area contributed by atoms with E-state index in [1.54, 1.807) is 11.3 Å². The molecule has 1 amide bonds. The quantitative estimate of drug-likeness (QED) is 0.912. The Morgan fingerprint density at radius 3 is 2.68 bits per heavy atom. The van der Waals surface area contributed by atoms with Gasteiger partial charge in [-0.25, -0.2) is 0 Å². The van der Waals surface area contributed by atoms with Crippen LogP contribution in [0, 0.1) is 5.92 Å². The minimum Gasteiger partial charge on any atom is -0.342 e. The summed E-state index contributed by atoms with van der Waals surface area (Å²) in [7, 11) is 0. The highest BCUT2D eigenvalue weighted by atomic mass is 79.9. The van der Waals surface area contributed by atoms with Crippen LogP contribution in [0.3, 0.4) is 0 Å². The third-order valence-corrected chi connectivity index (χ3v) is 5.90. The number of amides is 1. The molecule has 3 nitrogen and oxygen atoms in total. The van der Waals surface area contributed by atoms with E-state index < -0.39 is 0 Å². The first-order valence-electron chi connectivity index (χ1n) is 6.98. The molecule has 1 aliphatic heterocycles. The topological polar surface area (TPSA) is 32.3 Å². The zero-order valence-electron chi connectivity index (χ0n) is 10.9. The lowest BCUT2D eigenvalue weighted by atomic mass is 10.0. The fraction of sp³-hybridized carbons (Fsp3) is 0.643. The Morgan fingerprint density at radius 1 is 1.37 bits per heavy atom. The average molecular weight is 343 g/mol. The van der Waals surface area contributed by atoms with Gasteiger partial charge < -0.3 is 10.2 Å². The molecule has 1 aliphatic carbocycles. The normalized spacial score (nSPS) is 20.8. The standard InChI is InChI=1S/C14H19BrN2OS/c15-12-5-8-19-13(12)9-16-11-3-6-17(7-4-11)14(18)10-1-2-10/h5,8,10-11,16H,1-4,6-7,9H2.